The van der Waals surface area contributed by atoms with Crippen LogP contribution in [-0.4, -0.2) is 21.1 Å². The first-order valence-corrected chi connectivity index (χ1v) is 8.39. The van der Waals surface area contributed by atoms with E-state index in [0.717, 1.165) is 11.1 Å². The van der Waals surface area contributed by atoms with Crippen LogP contribution in [0.3, 0.4) is 0 Å². The molecule has 0 saturated carbocycles. The summed E-state index contributed by atoms with van der Waals surface area (Å²) in [4.78, 5) is 18.1. The molecule has 0 aliphatic carbocycles. The molecule has 0 bridgehead atoms. The Morgan fingerprint density at radius 2 is 1.69 bits per heavy atom. The van der Waals surface area contributed by atoms with E-state index in [1.807, 2.05) is 54.6 Å². The molecule has 26 heavy (non-hydrogen) atoms. The van der Waals surface area contributed by atoms with Gasteiger partial charge in [-0.3, -0.25) is 9.88 Å². The van der Waals surface area contributed by atoms with E-state index < -0.39 is 17.9 Å². The number of aliphatic hydroxyl groups is 1. The first kappa shape index (κ1) is 16.3. The van der Waals surface area contributed by atoms with Crippen molar-refractivity contribution in [1.29, 1.82) is 0 Å². The number of ether oxygens (including phenoxy) is 1. The van der Waals surface area contributed by atoms with E-state index >= 15 is 0 Å². The van der Waals surface area contributed by atoms with E-state index in [-0.39, 0.29) is 6.54 Å². The van der Waals surface area contributed by atoms with E-state index in [0.29, 0.717) is 5.56 Å². The number of nitrogens with zero attached hydrogens (tertiary/aromatic N) is 2. The highest BCUT2D eigenvalue weighted by molar-refractivity contribution is 5.72. The van der Waals surface area contributed by atoms with Crippen LogP contribution in [0.15, 0.2) is 85.2 Å². The molecule has 0 radical (unpaired) electrons. The molecule has 5 heteroatoms. The highest BCUT2D eigenvalue weighted by atomic mass is 16.6. The molecule has 2 heterocycles. The van der Waals surface area contributed by atoms with Gasteiger partial charge in [0.15, 0.2) is 6.10 Å². The molecular weight excluding hydrogens is 328 g/mol. The molecule has 1 aromatic heterocycles. The van der Waals surface area contributed by atoms with Crippen LogP contribution in [0.2, 0.25) is 0 Å². The van der Waals surface area contributed by atoms with Gasteiger partial charge in [-0.15, -0.1) is 0 Å². The van der Waals surface area contributed by atoms with Gasteiger partial charge in [-0.1, -0.05) is 66.7 Å². The summed E-state index contributed by atoms with van der Waals surface area (Å²) in [6, 6.07) is 22.1. The second-order valence-corrected chi connectivity index (χ2v) is 6.21. The predicted molar refractivity (Wildman–Crippen MR) is 95.8 cm³/mol. The number of cyclic esters (lactones) is 1. The van der Waals surface area contributed by atoms with Crippen molar-refractivity contribution in [2.45, 2.75) is 18.4 Å². The van der Waals surface area contributed by atoms with Crippen LogP contribution in [-0.2, 0) is 17.0 Å². The molecule has 2 atom stereocenters. The maximum atomic E-state index is 12.7. The van der Waals surface area contributed by atoms with Crippen LogP contribution in [0.1, 0.15) is 22.8 Å². The van der Waals surface area contributed by atoms with Gasteiger partial charge >= 0.3 is 6.09 Å². The van der Waals surface area contributed by atoms with Crippen LogP contribution in [0.4, 0.5) is 4.79 Å². The van der Waals surface area contributed by atoms with Gasteiger partial charge in [0.05, 0.1) is 6.54 Å². The van der Waals surface area contributed by atoms with Crippen LogP contribution in [0.5, 0.6) is 0 Å². The summed E-state index contributed by atoms with van der Waals surface area (Å²) >= 11 is 0. The van der Waals surface area contributed by atoms with Gasteiger partial charge in [-0.05, 0) is 17.2 Å². The number of carbonyl (C=O) groups is 1. The lowest BCUT2D eigenvalue weighted by Crippen LogP contribution is -2.45. The van der Waals surface area contributed by atoms with Crippen molar-refractivity contribution in [2.24, 2.45) is 0 Å². The summed E-state index contributed by atoms with van der Waals surface area (Å²) in [5.74, 6) is 0. The van der Waals surface area contributed by atoms with Crippen LogP contribution in [0, 0.1) is 0 Å². The topological polar surface area (TPSA) is 62.7 Å². The van der Waals surface area contributed by atoms with Crippen LogP contribution >= 0.6 is 0 Å². The second-order valence-electron chi connectivity index (χ2n) is 6.21. The molecule has 130 valence electrons. The Labute approximate surface area is 151 Å². The molecular formula is C21H18N2O3. The van der Waals surface area contributed by atoms with E-state index in [2.05, 4.69) is 4.98 Å². The fourth-order valence-electron chi connectivity index (χ4n) is 3.31. The Kier molecular flexibility index (Phi) is 4.14. The minimum absolute atomic E-state index is 0.196. The molecule has 4 rings (SSSR count). The Morgan fingerprint density at radius 3 is 2.35 bits per heavy atom. The van der Waals surface area contributed by atoms with Gasteiger partial charge in [0.1, 0.15) is 0 Å². The summed E-state index contributed by atoms with van der Waals surface area (Å²) < 4.78 is 5.62. The molecule has 1 N–H and O–H groups in total. The summed E-state index contributed by atoms with van der Waals surface area (Å²) in [6.45, 7) is 0.196. The molecule has 0 spiro atoms. The summed E-state index contributed by atoms with van der Waals surface area (Å²) in [5.41, 5.74) is 0.534. The SMILES string of the molecule is O=C1O[C@@H](c2ccccc2)[C@@](O)(c2ccccc2)N1Cc1cccnc1. The van der Waals surface area contributed by atoms with Crippen molar-refractivity contribution in [1.82, 2.24) is 9.88 Å². The van der Waals surface area contributed by atoms with Crippen molar-refractivity contribution >= 4 is 6.09 Å². The van der Waals surface area contributed by atoms with Gasteiger partial charge in [-0.25, -0.2) is 4.79 Å². The van der Waals surface area contributed by atoms with Gasteiger partial charge in [0, 0.05) is 18.0 Å². The van der Waals surface area contributed by atoms with E-state index in [9.17, 15) is 9.90 Å². The molecule has 2 aromatic carbocycles. The minimum Gasteiger partial charge on any atom is -0.436 e. The molecule has 1 amide bonds. The van der Waals surface area contributed by atoms with Gasteiger partial charge in [0.2, 0.25) is 5.72 Å². The molecule has 1 aliphatic rings. The number of benzene rings is 2. The lowest BCUT2D eigenvalue weighted by Gasteiger charge is -2.34. The van der Waals surface area contributed by atoms with Crippen molar-refractivity contribution < 1.29 is 14.6 Å². The number of rotatable bonds is 4. The predicted octanol–water partition coefficient (Wildman–Crippen LogP) is 3.62. The molecule has 5 nitrogen and oxygen atoms in total. The summed E-state index contributed by atoms with van der Waals surface area (Å²) in [7, 11) is 0. The first-order valence-electron chi connectivity index (χ1n) is 8.39. The Hall–Kier alpha value is -3.18. The first-order chi connectivity index (χ1) is 12.7. The van der Waals surface area contributed by atoms with Crippen LogP contribution < -0.4 is 0 Å². The smallest absolute Gasteiger partial charge is 0.413 e. The van der Waals surface area contributed by atoms with Gasteiger partial charge in [-0.2, -0.15) is 0 Å². The molecule has 3 aromatic rings. The number of hydrogen-bond donors (Lipinski definition) is 1. The Balaban J connectivity index is 1.81. The third kappa shape index (κ3) is 2.72. The van der Waals surface area contributed by atoms with Crippen molar-refractivity contribution in [3.8, 4) is 0 Å². The summed E-state index contributed by atoms with van der Waals surface area (Å²) in [5, 5.41) is 11.7. The monoisotopic (exact) mass is 346 g/mol. The van der Waals surface area contributed by atoms with Gasteiger partial charge in [0.25, 0.3) is 0 Å². The van der Waals surface area contributed by atoms with E-state index in [1.54, 1.807) is 30.6 Å². The van der Waals surface area contributed by atoms with Crippen molar-refractivity contribution in [3.05, 3.63) is 102 Å². The number of pyridine rings is 1. The molecule has 1 fully saturated rings. The highest BCUT2D eigenvalue weighted by Crippen LogP contribution is 2.47. The lowest BCUT2D eigenvalue weighted by atomic mass is 9.91. The van der Waals surface area contributed by atoms with E-state index in [1.165, 1.54) is 4.90 Å². The minimum atomic E-state index is -1.62. The number of aromatic nitrogens is 1. The van der Waals surface area contributed by atoms with E-state index in [4.69, 9.17) is 4.74 Å². The highest BCUT2D eigenvalue weighted by Gasteiger charge is 2.55. The average Bonchev–Trinajstić information content (AvgIpc) is 2.96. The average molecular weight is 346 g/mol. The van der Waals surface area contributed by atoms with Crippen molar-refractivity contribution in [2.75, 3.05) is 0 Å². The largest absolute Gasteiger partial charge is 0.436 e. The second kappa shape index (κ2) is 6.61. The van der Waals surface area contributed by atoms with Crippen LogP contribution in [0.25, 0.3) is 0 Å². The van der Waals surface area contributed by atoms with Crippen molar-refractivity contribution in [3.63, 3.8) is 0 Å². The normalized spacial score (nSPS) is 22.3. The Bertz CT molecular complexity index is 887. The maximum Gasteiger partial charge on any atom is 0.413 e. The van der Waals surface area contributed by atoms with Gasteiger partial charge < -0.3 is 9.84 Å². The Morgan fingerprint density at radius 1 is 1.00 bits per heavy atom. The third-order valence-corrected chi connectivity index (χ3v) is 4.58. The number of carbonyl (C=O) groups excluding carboxylic acids is 1. The maximum absolute atomic E-state index is 12.7. The fourth-order valence-corrected chi connectivity index (χ4v) is 3.31. The number of hydrogen-bond acceptors (Lipinski definition) is 4. The fraction of sp³-hybridized carbons (Fsp3) is 0.143. The number of amides is 1. The zero-order valence-electron chi connectivity index (χ0n) is 14.0. The molecule has 0 unspecified atom stereocenters. The zero-order chi connectivity index (χ0) is 18.0. The molecule has 1 saturated heterocycles. The third-order valence-electron chi connectivity index (χ3n) is 4.58. The zero-order valence-corrected chi connectivity index (χ0v) is 14.0. The molecule has 1 aliphatic heterocycles. The lowest BCUT2D eigenvalue weighted by molar-refractivity contribution is -0.113. The summed E-state index contributed by atoms with van der Waals surface area (Å²) in [6.07, 6.45) is 1.96. The quantitative estimate of drug-likeness (QED) is 0.784. The standard InChI is InChI=1S/C21H18N2O3/c24-20-23(15-16-8-7-13-22-14-16)21(25,18-11-5-2-6-12-18)19(26-20)17-9-3-1-4-10-17/h1-14,19,25H,15H2/t19-,21-/m0/s1.